The van der Waals surface area contributed by atoms with Gasteiger partial charge in [0.15, 0.2) is 5.82 Å². The summed E-state index contributed by atoms with van der Waals surface area (Å²) in [6, 6.07) is 3.22. The maximum atomic E-state index is 11.5. The maximum Gasteiger partial charge on any atom is 0.157 e. The Labute approximate surface area is 143 Å². The van der Waals surface area contributed by atoms with Crippen LogP contribution in [0.2, 0.25) is 0 Å². The number of hydrogen-bond donors (Lipinski definition) is 0. The van der Waals surface area contributed by atoms with Gasteiger partial charge in [0.25, 0.3) is 0 Å². The first kappa shape index (κ1) is 15.8. The number of anilines is 1. The molecule has 2 aliphatic heterocycles. The van der Waals surface area contributed by atoms with Crippen LogP contribution < -0.4 is 4.90 Å². The van der Waals surface area contributed by atoms with E-state index in [-0.39, 0.29) is 5.92 Å². The van der Waals surface area contributed by atoms with E-state index in [1.807, 2.05) is 6.20 Å². The third-order valence-electron chi connectivity index (χ3n) is 5.84. The Morgan fingerprint density at radius 1 is 1.21 bits per heavy atom. The highest BCUT2D eigenvalue weighted by molar-refractivity contribution is 5.79. The number of hydrogen-bond acceptors (Lipinski definition) is 5. The van der Waals surface area contributed by atoms with E-state index in [2.05, 4.69) is 34.0 Å². The Kier molecular flexibility index (Phi) is 4.12. The van der Waals surface area contributed by atoms with E-state index in [9.17, 15) is 4.79 Å². The van der Waals surface area contributed by atoms with Crippen molar-refractivity contribution in [1.29, 1.82) is 0 Å². The van der Waals surface area contributed by atoms with Gasteiger partial charge >= 0.3 is 0 Å². The van der Waals surface area contributed by atoms with Crippen LogP contribution >= 0.6 is 0 Å². The third-order valence-corrected chi connectivity index (χ3v) is 5.84. The lowest BCUT2D eigenvalue weighted by atomic mass is 9.87. The highest BCUT2D eigenvalue weighted by Gasteiger charge is 2.39. The van der Waals surface area contributed by atoms with Crippen molar-refractivity contribution >= 4 is 17.2 Å². The summed E-state index contributed by atoms with van der Waals surface area (Å²) in [6.45, 7) is 3.95. The van der Waals surface area contributed by atoms with Gasteiger partial charge in [-0.15, -0.1) is 0 Å². The fourth-order valence-corrected chi connectivity index (χ4v) is 4.54. The molecule has 128 valence electrons. The molecule has 3 aliphatic rings. The van der Waals surface area contributed by atoms with Gasteiger partial charge < -0.3 is 9.80 Å². The molecule has 4 rings (SSSR count). The van der Waals surface area contributed by atoms with E-state index >= 15 is 0 Å². The molecule has 3 atom stereocenters. The molecule has 0 N–H and O–H groups in total. The smallest absolute Gasteiger partial charge is 0.157 e. The summed E-state index contributed by atoms with van der Waals surface area (Å²) in [5.74, 6) is 2.42. The topological polar surface area (TPSA) is 49.3 Å². The summed E-state index contributed by atoms with van der Waals surface area (Å²) in [5.41, 5.74) is 1.20. The first-order valence-electron chi connectivity index (χ1n) is 9.11. The summed E-state index contributed by atoms with van der Waals surface area (Å²) in [7, 11) is 2.21. The van der Waals surface area contributed by atoms with Gasteiger partial charge in [0.05, 0.1) is 0 Å². The number of allylic oxidation sites excluding steroid dienone is 2. The molecular weight excluding hydrogens is 300 g/mol. The van der Waals surface area contributed by atoms with E-state index in [1.165, 1.54) is 18.4 Å². The molecule has 5 heteroatoms. The van der Waals surface area contributed by atoms with Crippen molar-refractivity contribution in [3.8, 4) is 0 Å². The Bertz CT molecular complexity index is 657. The Morgan fingerprint density at radius 2 is 1.96 bits per heavy atom. The van der Waals surface area contributed by atoms with E-state index in [1.54, 1.807) is 6.92 Å². The van der Waals surface area contributed by atoms with Gasteiger partial charge in [-0.2, -0.15) is 0 Å². The Morgan fingerprint density at radius 3 is 2.58 bits per heavy atom. The second-order valence-electron chi connectivity index (χ2n) is 7.56. The number of piperazine rings is 1. The molecule has 2 saturated heterocycles. The standard InChI is InChI=1S/C19H26N4O/c1-13(24)14-3-5-15(6-4-14)19-20-10-9-18(21-19)23-16-7-8-17(23)12-22(2)11-16/h5,9-10,14,16-17H,3-4,6-8,11-12H2,1-2H3. The van der Waals surface area contributed by atoms with Gasteiger partial charge in [-0.25, -0.2) is 9.97 Å². The van der Waals surface area contributed by atoms with Crippen LogP contribution in [0.15, 0.2) is 18.3 Å². The molecular formula is C19H26N4O. The van der Waals surface area contributed by atoms with Crippen molar-refractivity contribution in [2.75, 3.05) is 25.0 Å². The van der Waals surface area contributed by atoms with Crippen LogP contribution in [-0.4, -0.2) is 52.9 Å². The summed E-state index contributed by atoms with van der Waals surface area (Å²) in [6.07, 6.45) is 9.26. The molecule has 0 aromatic carbocycles. The highest BCUT2D eigenvalue weighted by Crippen LogP contribution is 2.34. The molecule has 1 aromatic rings. The molecule has 24 heavy (non-hydrogen) atoms. The number of ketones is 1. The predicted octanol–water partition coefficient (Wildman–Crippen LogP) is 2.53. The van der Waals surface area contributed by atoms with Gasteiger partial charge in [0.2, 0.25) is 0 Å². The van der Waals surface area contributed by atoms with Crippen molar-refractivity contribution in [2.24, 2.45) is 5.92 Å². The number of nitrogens with zero attached hydrogens (tertiary/aromatic N) is 4. The van der Waals surface area contributed by atoms with Crippen molar-refractivity contribution in [1.82, 2.24) is 14.9 Å². The van der Waals surface area contributed by atoms with Gasteiger partial charge in [0, 0.05) is 37.3 Å². The van der Waals surface area contributed by atoms with Crippen LogP contribution in [0.5, 0.6) is 0 Å². The minimum absolute atomic E-state index is 0.186. The number of Topliss-reactive ketones (excluding diaryl/α,β-unsaturated/α-hetero) is 1. The number of carbonyl (C=O) groups is 1. The highest BCUT2D eigenvalue weighted by atomic mass is 16.1. The van der Waals surface area contributed by atoms with Crippen molar-refractivity contribution in [2.45, 2.75) is 51.1 Å². The van der Waals surface area contributed by atoms with Crippen molar-refractivity contribution < 1.29 is 4.79 Å². The molecule has 1 aromatic heterocycles. The van der Waals surface area contributed by atoms with E-state index < -0.39 is 0 Å². The number of aromatic nitrogens is 2. The largest absolute Gasteiger partial charge is 0.348 e. The van der Waals surface area contributed by atoms with Crippen LogP contribution in [0.1, 0.15) is 44.9 Å². The molecule has 3 unspecified atom stereocenters. The van der Waals surface area contributed by atoms with Gasteiger partial charge in [0.1, 0.15) is 11.6 Å². The van der Waals surface area contributed by atoms with Gasteiger partial charge in [-0.1, -0.05) is 6.08 Å². The van der Waals surface area contributed by atoms with E-state index in [4.69, 9.17) is 4.98 Å². The lowest BCUT2D eigenvalue weighted by Gasteiger charge is -2.40. The number of likely N-dealkylation sites (tertiary alicyclic amines) is 1. The SMILES string of the molecule is CC(=O)C1CC=C(c2nccc(N3C4CCC3CN(C)C4)n2)CC1. The first-order valence-corrected chi connectivity index (χ1v) is 9.11. The van der Waals surface area contributed by atoms with Crippen molar-refractivity contribution in [3.63, 3.8) is 0 Å². The molecule has 0 spiro atoms. The zero-order valence-electron chi connectivity index (χ0n) is 14.6. The second-order valence-corrected chi connectivity index (χ2v) is 7.56. The molecule has 1 aliphatic carbocycles. The molecule has 2 bridgehead atoms. The van der Waals surface area contributed by atoms with Crippen molar-refractivity contribution in [3.05, 3.63) is 24.2 Å². The van der Waals surface area contributed by atoms with Crippen LogP contribution in [0, 0.1) is 5.92 Å². The molecule has 0 radical (unpaired) electrons. The van der Waals surface area contributed by atoms with Crippen LogP contribution in [0.3, 0.4) is 0 Å². The number of carbonyl (C=O) groups excluding carboxylic acids is 1. The predicted molar refractivity (Wildman–Crippen MR) is 94.8 cm³/mol. The minimum atomic E-state index is 0.186. The molecule has 2 fully saturated rings. The summed E-state index contributed by atoms with van der Waals surface area (Å²) < 4.78 is 0. The Balaban J connectivity index is 1.56. The zero-order valence-corrected chi connectivity index (χ0v) is 14.6. The van der Waals surface area contributed by atoms with Crippen LogP contribution in [0.25, 0.3) is 5.57 Å². The number of fused-ring (bicyclic) bond motifs is 2. The number of likely N-dealkylation sites (N-methyl/N-ethyl adjacent to an activating group) is 1. The number of rotatable bonds is 3. The first-order chi connectivity index (χ1) is 11.6. The summed E-state index contributed by atoms with van der Waals surface area (Å²) >= 11 is 0. The van der Waals surface area contributed by atoms with Crippen LogP contribution in [0.4, 0.5) is 5.82 Å². The summed E-state index contributed by atoms with van der Waals surface area (Å²) in [4.78, 5) is 25.9. The van der Waals surface area contributed by atoms with E-state index in [0.29, 0.717) is 17.9 Å². The fourth-order valence-electron chi connectivity index (χ4n) is 4.54. The lowest BCUT2D eigenvalue weighted by molar-refractivity contribution is -0.120. The van der Waals surface area contributed by atoms with Gasteiger partial charge in [-0.3, -0.25) is 4.79 Å². The quantitative estimate of drug-likeness (QED) is 0.854. The molecule has 3 heterocycles. The van der Waals surface area contributed by atoms with E-state index in [0.717, 1.165) is 44.0 Å². The monoisotopic (exact) mass is 326 g/mol. The summed E-state index contributed by atoms with van der Waals surface area (Å²) in [5, 5.41) is 0. The van der Waals surface area contributed by atoms with Crippen LogP contribution in [-0.2, 0) is 4.79 Å². The third kappa shape index (κ3) is 2.86. The minimum Gasteiger partial charge on any atom is -0.348 e. The molecule has 0 amide bonds. The molecule has 0 saturated carbocycles. The average Bonchev–Trinajstić information content (AvgIpc) is 2.87. The average molecular weight is 326 g/mol. The fraction of sp³-hybridized carbons (Fsp3) is 0.632. The zero-order chi connectivity index (χ0) is 16.7. The maximum absolute atomic E-state index is 11.5. The molecule has 5 nitrogen and oxygen atoms in total. The normalized spacial score (nSPS) is 30.3. The second kappa shape index (κ2) is 6.28. The Hall–Kier alpha value is -1.75. The lowest BCUT2D eigenvalue weighted by Crippen LogP contribution is -2.52. The van der Waals surface area contributed by atoms with Gasteiger partial charge in [-0.05, 0) is 57.7 Å².